The Bertz CT molecular complexity index is 962. The molecule has 1 aliphatic rings. The van der Waals surface area contributed by atoms with Gasteiger partial charge in [-0.15, -0.1) is 0 Å². The van der Waals surface area contributed by atoms with Gasteiger partial charge in [-0.3, -0.25) is 4.72 Å². The lowest BCUT2D eigenvalue weighted by Gasteiger charge is -2.32. The lowest BCUT2D eigenvalue weighted by molar-refractivity contribution is 0.00578. The molecule has 3 rings (SSSR count). The van der Waals surface area contributed by atoms with Crippen LogP contribution in [0.2, 0.25) is 0 Å². The van der Waals surface area contributed by atoms with Gasteiger partial charge in [0.2, 0.25) is 5.88 Å². The van der Waals surface area contributed by atoms with Crippen LogP contribution in [0.3, 0.4) is 0 Å². The van der Waals surface area contributed by atoms with Crippen molar-refractivity contribution in [1.82, 2.24) is 4.98 Å². The van der Waals surface area contributed by atoms with Gasteiger partial charge >= 0.3 is 7.12 Å². The van der Waals surface area contributed by atoms with Gasteiger partial charge in [0.1, 0.15) is 5.69 Å². The molecule has 0 saturated carbocycles. The maximum atomic E-state index is 12.8. The normalized spacial score (nSPS) is 18.1. The van der Waals surface area contributed by atoms with Gasteiger partial charge in [-0.1, -0.05) is 18.2 Å². The summed E-state index contributed by atoms with van der Waals surface area (Å²) in [5.74, 6) is 0.194. The monoisotopic (exact) mass is 418 g/mol. The van der Waals surface area contributed by atoms with Crippen LogP contribution < -0.4 is 14.9 Å². The number of ether oxygens (including phenoxy) is 1. The van der Waals surface area contributed by atoms with E-state index in [2.05, 4.69) is 9.71 Å². The second kappa shape index (κ2) is 7.62. The van der Waals surface area contributed by atoms with E-state index in [0.29, 0.717) is 5.46 Å². The summed E-state index contributed by atoms with van der Waals surface area (Å²) >= 11 is 0. The molecule has 2 aromatic rings. The molecule has 1 fully saturated rings. The highest BCUT2D eigenvalue weighted by molar-refractivity contribution is 7.92. The van der Waals surface area contributed by atoms with Gasteiger partial charge in [-0.05, 0) is 59.7 Å². The molecule has 0 spiro atoms. The first-order valence-electron chi connectivity index (χ1n) is 9.51. The fourth-order valence-electron chi connectivity index (χ4n) is 2.77. The molecule has 0 aliphatic carbocycles. The van der Waals surface area contributed by atoms with Crippen LogP contribution in [-0.4, -0.2) is 37.8 Å². The molecule has 0 amide bonds. The van der Waals surface area contributed by atoms with Crippen molar-refractivity contribution >= 4 is 28.3 Å². The molecule has 7 nitrogen and oxygen atoms in total. The maximum Gasteiger partial charge on any atom is 0.496 e. The van der Waals surface area contributed by atoms with Gasteiger partial charge in [0.15, 0.2) is 0 Å². The topological polar surface area (TPSA) is 86.8 Å². The number of aromatic nitrogens is 1. The van der Waals surface area contributed by atoms with Crippen LogP contribution >= 0.6 is 0 Å². The van der Waals surface area contributed by atoms with Gasteiger partial charge in [0.25, 0.3) is 10.0 Å². The third-order valence-corrected chi connectivity index (χ3v) is 6.42. The number of sulfonamides is 1. The fraction of sp³-hybridized carbons (Fsp3) is 0.450. The summed E-state index contributed by atoms with van der Waals surface area (Å²) in [7, 11) is -4.48. The molecule has 1 saturated heterocycles. The Labute approximate surface area is 173 Å². The van der Waals surface area contributed by atoms with Crippen LogP contribution in [0.4, 0.5) is 5.69 Å². The minimum atomic E-state index is -3.81. The fourth-order valence-corrected chi connectivity index (χ4v) is 3.84. The van der Waals surface area contributed by atoms with Crippen LogP contribution in [0.25, 0.3) is 0 Å². The Morgan fingerprint density at radius 1 is 1.07 bits per heavy atom. The van der Waals surface area contributed by atoms with Crippen molar-refractivity contribution in [2.75, 3.05) is 4.72 Å². The van der Waals surface area contributed by atoms with Gasteiger partial charge in [0.05, 0.1) is 22.2 Å². The highest BCUT2D eigenvalue weighted by atomic mass is 32.2. The first-order valence-corrected chi connectivity index (χ1v) is 11.0. The molecule has 0 bridgehead atoms. The molecule has 1 N–H and O–H groups in total. The van der Waals surface area contributed by atoms with E-state index in [1.807, 2.05) is 41.5 Å². The zero-order valence-corrected chi connectivity index (χ0v) is 18.4. The zero-order valence-electron chi connectivity index (χ0n) is 17.6. The molecule has 9 heteroatoms. The molecule has 29 heavy (non-hydrogen) atoms. The van der Waals surface area contributed by atoms with Crippen LogP contribution in [0.5, 0.6) is 5.88 Å². The average Bonchev–Trinajstić information content (AvgIpc) is 2.84. The molecule has 0 unspecified atom stereocenters. The quantitative estimate of drug-likeness (QED) is 0.726. The van der Waals surface area contributed by atoms with E-state index in [0.717, 1.165) is 0 Å². The predicted molar refractivity (Wildman–Crippen MR) is 113 cm³/mol. The van der Waals surface area contributed by atoms with Gasteiger partial charge in [-0.25, -0.2) is 13.4 Å². The van der Waals surface area contributed by atoms with Crippen LogP contribution in [0.1, 0.15) is 41.5 Å². The number of hydrogen-bond donors (Lipinski definition) is 1. The number of anilines is 1. The smallest absolute Gasteiger partial charge is 0.473 e. The van der Waals surface area contributed by atoms with Crippen LogP contribution in [0.15, 0.2) is 47.5 Å². The summed E-state index contributed by atoms with van der Waals surface area (Å²) in [5.41, 5.74) is -0.205. The molecular formula is C20H27BN2O5S. The molecule has 1 aliphatic heterocycles. The zero-order chi connectivity index (χ0) is 21.4. The Morgan fingerprint density at radius 3 is 2.21 bits per heavy atom. The van der Waals surface area contributed by atoms with Crippen molar-refractivity contribution in [3.63, 3.8) is 0 Å². The van der Waals surface area contributed by atoms with Crippen LogP contribution in [0, 0.1) is 0 Å². The summed E-state index contributed by atoms with van der Waals surface area (Å²) < 4.78 is 46.1. The number of hydrogen-bond acceptors (Lipinski definition) is 6. The SMILES string of the molecule is CC(C)Oc1ncc(B2OC(C)(C)C(C)(C)O2)cc1NS(=O)(=O)c1ccccc1. The second-order valence-corrected chi connectivity index (χ2v) is 9.98. The highest BCUT2D eigenvalue weighted by Crippen LogP contribution is 2.37. The molecule has 0 radical (unpaired) electrons. The van der Waals surface area contributed by atoms with Crippen LogP contribution in [-0.2, 0) is 19.3 Å². The number of benzene rings is 1. The van der Waals surface area contributed by atoms with Gasteiger partial charge < -0.3 is 14.0 Å². The number of rotatable bonds is 6. The van der Waals surface area contributed by atoms with Crippen molar-refractivity contribution in [2.45, 2.75) is 63.7 Å². The Hall–Kier alpha value is -2.10. The molecule has 156 valence electrons. The summed E-state index contributed by atoms with van der Waals surface area (Å²) in [5, 5.41) is 0. The van der Waals surface area contributed by atoms with E-state index >= 15 is 0 Å². The Kier molecular flexibility index (Phi) is 5.68. The Morgan fingerprint density at radius 2 is 1.66 bits per heavy atom. The third-order valence-electron chi connectivity index (χ3n) is 5.04. The lowest BCUT2D eigenvalue weighted by atomic mass is 9.80. The third kappa shape index (κ3) is 4.57. The summed E-state index contributed by atoms with van der Waals surface area (Å²) in [6.07, 6.45) is 1.41. The summed E-state index contributed by atoms with van der Waals surface area (Å²) in [6.45, 7) is 11.5. The summed E-state index contributed by atoms with van der Waals surface area (Å²) in [6, 6.07) is 9.78. The molecule has 1 aromatic heterocycles. The van der Waals surface area contributed by atoms with Gasteiger partial charge in [-0.2, -0.15) is 0 Å². The number of nitrogens with zero attached hydrogens (tertiary/aromatic N) is 1. The first-order chi connectivity index (χ1) is 13.4. The standard InChI is InChI=1S/C20H27BN2O5S/c1-14(2)26-18-17(23-29(24,25)16-10-8-7-9-11-16)12-15(13-22-18)21-27-19(3,4)20(5,6)28-21/h7-14,23H,1-6H3. The second-order valence-electron chi connectivity index (χ2n) is 8.29. The minimum Gasteiger partial charge on any atom is -0.473 e. The van der Waals surface area contributed by atoms with E-state index in [1.54, 1.807) is 30.5 Å². The molecule has 1 aromatic carbocycles. The van der Waals surface area contributed by atoms with Crippen molar-refractivity contribution < 1.29 is 22.5 Å². The first kappa shape index (κ1) is 21.6. The van der Waals surface area contributed by atoms with Crippen molar-refractivity contribution in [3.8, 4) is 5.88 Å². The van der Waals surface area contributed by atoms with Crippen molar-refractivity contribution in [1.29, 1.82) is 0 Å². The maximum absolute atomic E-state index is 12.8. The lowest BCUT2D eigenvalue weighted by Crippen LogP contribution is -2.41. The van der Waals surface area contributed by atoms with Crippen molar-refractivity contribution in [2.24, 2.45) is 0 Å². The van der Waals surface area contributed by atoms with E-state index < -0.39 is 28.3 Å². The Balaban J connectivity index is 1.97. The van der Waals surface area contributed by atoms with E-state index in [9.17, 15) is 8.42 Å². The summed E-state index contributed by atoms with van der Waals surface area (Å²) in [4.78, 5) is 4.48. The van der Waals surface area contributed by atoms with E-state index in [1.165, 1.54) is 12.1 Å². The molecule has 2 heterocycles. The van der Waals surface area contributed by atoms with Crippen molar-refractivity contribution in [3.05, 3.63) is 42.6 Å². The molecular weight excluding hydrogens is 391 g/mol. The highest BCUT2D eigenvalue weighted by Gasteiger charge is 2.52. The van der Waals surface area contributed by atoms with Gasteiger partial charge in [0, 0.05) is 11.7 Å². The van der Waals surface area contributed by atoms with E-state index in [-0.39, 0.29) is 22.6 Å². The molecule has 0 atom stereocenters. The minimum absolute atomic E-state index is 0.150. The average molecular weight is 418 g/mol. The number of pyridine rings is 1. The van der Waals surface area contributed by atoms with E-state index in [4.69, 9.17) is 14.0 Å². The predicted octanol–water partition coefficient (Wildman–Crippen LogP) is 2.97. The largest absolute Gasteiger partial charge is 0.496 e. The number of nitrogens with one attached hydrogen (secondary N) is 1.